The minimum Gasteiger partial charge on any atom is -0.391 e. The van der Waals surface area contributed by atoms with Crippen molar-refractivity contribution in [1.82, 2.24) is 4.90 Å². The first-order chi connectivity index (χ1) is 8.32. The third kappa shape index (κ3) is 12.2. The zero-order valence-corrected chi connectivity index (χ0v) is 13.7. The first kappa shape index (κ1) is 20.1. The van der Waals surface area contributed by atoms with E-state index < -0.39 is 0 Å². The molecular formula is C14H31NO2S. The summed E-state index contributed by atoms with van der Waals surface area (Å²) in [6.07, 6.45) is 0.836. The minimum atomic E-state index is -0.304. The van der Waals surface area contributed by atoms with Crippen LogP contribution in [-0.4, -0.2) is 40.4 Å². The Hall–Kier alpha value is -0.220. The average molecular weight is 277 g/mol. The number of carbonyl (C=O) groups is 1. The highest BCUT2D eigenvalue weighted by molar-refractivity contribution is 7.80. The first-order valence-corrected chi connectivity index (χ1v) is 7.48. The first-order valence-electron chi connectivity index (χ1n) is 6.96. The van der Waals surface area contributed by atoms with Crippen molar-refractivity contribution in [3.63, 3.8) is 0 Å². The number of rotatable bonds is 2. The molecule has 0 saturated carbocycles. The molecule has 1 fully saturated rings. The number of carbonyl (C=O) groups excluding carboxylic acids is 1. The Bertz CT molecular complexity index is 203. The van der Waals surface area contributed by atoms with Crippen molar-refractivity contribution in [3.05, 3.63) is 0 Å². The van der Waals surface area contributed by atoms with E-state index in [-0.39, 0.29) is 12.0 Å². The van der Waals surface area contributed by atoms with E-state index in [2.05, 4.69) is 26.5 Å². The van der Waals surface area contributed by atoms with Crippen LogP contribution in [0.2, 0.25) is 0 Å². The Morgan fingerprint density at radius 3 is 2.17 bits per heavy atom. The van der Waals surface area contributed by atoms with Crippen LogP contribution < -0.4 is 0 Å². The lowest BCUT2D eigenvalue weighted by Crippen LogP contribution is -2.44. The zero-order valence-electron chi connectivity index (χ0n) is 12.8. The molecule has 18 heavy (non-hydrogen) atoms. The van der Waals surface area contributed by atoms with Crippen molar-refractivity contribution in [3.8, 4) is 0 Å². The van der Waals surface area contributed by atoms with E-state index >= 15 is 0 Å². The Morgan fingerprint density at radius 2 is 1.78 bits per heavy atom. The minimum absolute atomic E-state index is 0.189. The maximum absolute atomic E-state index is 11.3. The number of aliphatic hydroxyl groups excluding tert-OH is 1. The Labute approximate surface area is 118 Å². The predicted octanol–water partition coefficient (Wildman–Crippen LogP) is 2.98. The van der Waals surface area contributed by atoms with Gasteiger partial charge in [0.05, 0.1) is 6.10 Å². The summed E-state index contributed by atoms with van der Waals surface area (Å²) >= 11 is 3.97. The van der Waals surface area contributed by atoms with E-state index in [9.17, 15) is 9.90 Å². The summed E-state index contributed by atoms with van der Waals surface area (Å²) in [5.41, 5.74) is 0. The monoisotopic (exact) mass is 277 g/mol. The van der Waals surface area contributed by atoms with Crippen molar-refractivity contribution in [2.45, 2.75) is 65.7 Å². The lowest BCUT2D eigenvalue weighted by molar-refractivity contribution is -0.137. The highest BCUT2D eigenvalue weighted by atomic mass is 32.1. The van der Waals surface area contributed by atoms with Gasteiger partial charge in [-0.15, -0.1) is 0 Å². The third-order valence-corrected chi connectivity index (χ3v) is 2.06. The number of aliphatic hydroxyl groups is 1. The van der Waals surface area contributed by atoms with E-state index in [4.69, 9.17) is 0 Å². The van der Waals surface area contributed by atoms with Gasteiger partial charge >= 0.3 is 0 Å². The molecule has 4 heteroatoms. The SMILES string of the molecule is CC.CC(C)CN1CC(O)CCC1=O.CC(C)S. The van der Waals surface area contributed by atoms with Crippen LogP contribution in [0.5, 0.6) is 0 Å². The average Bonchev–Trinajstić information content (AvgIpc) is 2.25. The van der Waals surface area contributed by atoms with Gasteiger partial charge in [0.1, 0.15) is 0 Å². The van der Waals surface area contributed by atoms with Gasteiger partial charge in [0, 0.05) is 19.5 Å². The van der Waals surface area contributed by atoms with Gasteiger partial charge in [-0.1, -0.05) is 41.5 Å². The zero-order chi connectivity index (χ0) is 14.7. The summed E-state index contributed by atoms with van der Waals surface area (Å²) in [5.74, 6) is 0.674. The lowest BCUT2D eigenvalue weighted by atomic mass is 10.1. The van der Waals surface area contributed by atoms with Crippen LogP contribution >= 0.6 is 12.6 Å². The molecule has 1 heterocycles. The molecule has 1 aliphatic heterocycles. The molecule has 1 amide bonds. The number of thiol groups is 1. The normalized spacial score (nSPS) is 19.1. The van der Waals surface area contributed by atoms with Crippen molar-refractivity contribution < 1.29 is 9.90 Å². The summed E-state index contributed by atoms with van der Waals surface area (Å²) in [6.45, 7) is 13.5. The lowest BCUT2D eigenvalue weighted by Gasteiger charge is -2.31. The smallest absolute Gasteiger partial charge is 0.222 e. The molecule has 3 nitrogen and oxygen atoms in total. The molecule has 1 atom stereocenters. The molecule has 1 saturated heterocycles. The second-order valence-corrected chi connectivity index (χ2v) is 6.01. The maximum atomic E-state index is 11.3. The highest BCUT2D eigenvalue weighted by Gasteiger charge is 2.23. The molecule has 110 valence electrons. The number of piperidine rings is 1. The highest BCUT2D eigenvalue weighted by Crippen LogP contribution is 2.12. The van der Waals surface area contributed by atoms with Crippen LogP contribution in [0.25, 0.3) is 0 Å². The second kappa shape index (κ2) is 11.8. The van der Waals surface area contributed by atoms with Crippen LogP contribution in [0.15, 0.2) is 0 Å². The summed E-state index contributed by atoms with van der Waals surface area (Å²) in [5, 5.41) is 9.84. The molecular weight excluding hydrogens is 246 g/mol. The van der Waals surface area contributed by atoms with Gasteiger partial charge in [0.25, 0.3) is 0 Å². The number of β-amino-alcohol motifs (C(OH)–C–C–N with tert-alkyl or cyclic N) is 1. The number of nitrogens with zero attached hydrogens (tertiary/aromatic N) is 1. The van der Waals surface area contributed by atoms with Gasteiger partial charge in [-0.05, 0) is 17.6 Å². The molecule has 1 rings (SSSR count). The number of hydrogen-bond donors (Lipinski definition) is 2. The summed E-state index contributed by atoms with van der Waals surface area (Å²) in [7, 11) is 0. The van der Waals surface area contributed by atoms with Gasteiger partial charge in [-0.2, -0.15) is 12.6 Å². The van der Waals surface area contributed by atoms with Crippen LogP contribution in [0.1, 0.15) is 54.4 Å². The van der Waals surface area contributed by atoms with Crippen LogP contribution in [0.4, 0.5) is 0 Å². The maximum Gasteiger partial charge on any atom is 0.222 e. The molecule has 0 aromatic heterocycles. The summed E-state index contributed by atoms with van der Waals surface area (Å²) in [4.78, 5) is 13.1. The van der Waals surface area contributed by atoms with Gasteiger partial charge < -0.3 is 10.0 Å². The van der Waals surface area contributed by atoms with E-state index in [1.165, 1.54) is 0 Å². The van der Waals surface area contributed by atoms with Crippen molar-refractivity contribution in [2.24, 2.45) is 5.92 Å². The van der Waals surface area contributed by atoms with Gasteiger partial charge in [-0.25, -0.2) is 0 Å². The van der Waals surface area contributed by atoms with Gasteiger partial charge in [0.2, 0.25) is 5.91 Å². The Kier molecular flexibility index (Phi) is 13.2. The number of likely N-dealkylation sites (tertiary alicyclic amines) is 1. The van der Waals surface area contributed by atoms with E-state index in [0.29, 0.717) is 30.6 Å². The Morgan fingerprint density at radius 1 is 1.33 bits per heavy atom. The summed E-state index contributed by atoms with van der Waals surface area (Å²) in [6, 6.07) is 0. The molecule has 0 aromatic carbocycles. The second-order valence-electron chi connectivity index (χ2n) is 4.98. The topological polar surface area (TPSA) is 40.5 Å². The predicted molar refractivity (Wildman–Crippen MR) is 82.1 cm³/mol. The van der Waals surface area contributed by atoms with Crippen LogP contribution in [0.3, 0.4) is 0 Å². The fourth-order valence-corrected chi connectivity index (χ4v) is 1.51. The van der Waals surface area contributed by atoms with Gasteiger partial charge in [0.15, 0.2) is 0 Å². The quantitative estimate of drug-likeness (QED) is 0.762. The standard InChI is InChI=1S/C9H17NO2.C3H8S.C2H6/c1-7(2)5-10-6-8(11)3-4-9(10)12;1-3(2)4;1-2/h7-8,11H,3-6H2,1-2H3;3-4H,1-2H3;1-2H3. The third-order valence-electron chi connectivity index (χ3n) is 2.06. The molecule has 1 N–H and O–H groups in total. The summed E-state index contributed by atoms with van der Waals surface area (Å²) < 4.78 is 0. The van der Waals surface area contributed by atoms with E-state index in [1.807, 2.05) is 27.7 Å². The molecule has 1 aliphatic rings. The molecule has 0 aliphatic carbocycles. The molecule has 0 bridgehead atoms. The molecule has 0 aromatic rings. The number of amides is 1. The van der Waals surface area contributed by atoms with Crippen molar-refractivity contribution >= 4 is 18.5 Å². The van der Waals surface area contributed by atoms with Crippen LogP contribution in [-0.2, 0) is 4.79 Å². The van der Waals surface area contributed by atoms with E-state index in [0.717, 1.165) is 6.54 Å². The number of hydrogen-bond acceptors (Lipinski definition) is 3. The fourth-order valence-electron chi connectivity index (χ4n) is 1.51. The fraction of sp³-hybridized carbons (Fsp3) is 0.929. The Balaban J connectivity index is 0. The largest absolute Gasteiger partial charge is 0.391 e. The van der Waals surface area contributed by atoms with Crippen LogP contribution in [0, 0.1) is 5.92 Å². The molecule has 0 radical (unpaired) electrons. The van der Waals surface area contributed by atoms with Crippen molar-refractivity contribution in [1.29, 1.82) is 0 Å². The van der Waals surface area contributed by atoms with Crippen molar-refractivity contribution in [2.75, 3.05) is 13.1 Å². The molecule has 0 spiro atoms. The van der Waals surface area contributed by atoms with E-state index in [1.54, 1.807) is 4.90 Å². The van der Waals surface area contributed by atoms with Gasteiger partial charge in [-0.3, -0.25) is 4.79 Å². The molecule has 1 unspecified atom stereocenters.